The maximum atomic E-state index is 9.35. The van der Waals surface area contributed by atoms with E-state index in [1.165, 1.54) is 0 Å². The number of benzene rings is 2. The molecule has 0 saturated carbocycles. The standard InChI is InChI=1S/C17H17N5O/c1-2-18-16-20-15(12-6-4-3-5-7-12)21-17(22-16)19-13-8-10-14(23)11-9-13/h3-11,23H,2H2,1H3,(H2,18,19,20,21,22). The van der Waals surface area contributed by atoms with E-state index in [2.05, 4.69) is 25.6 Å². The fraction of sp³-hybridized carbons (Fsp3) is 0.118. The van der Waals surface area contributed by atoms with E-state index < -0.39 is 0 Å². The molecule has 1 heterocycles. The van der Waals surface area contributed by atoms with E-state index >= 15 is 0 Å². The minimum absolute atomic E-state index is 0.213. The lowest BCUT2D eigenvalue weighted by Gasteiger charge is -2.09. The third-order valence-corrected chi connectivity index (χ3v) is 3.13. The Morgan fingerprint density at radius 1 is 0.870 bits per heavy atom. The second-order valence-electron chi connectivity index (χ2n) is 4.87. The zero-order chi connectivity index (χ0) is 16.1. The van der Waals surface area contributed by atoms with E-state index in [-0.39, 0.29) is 5.75 Å². The van der Waals surface area contributed by atoms with Gasteiger partial charge in [0.1, 0.15) is 5.75 Å². The van der Waals surface area contributed by atoms with Crippen molar-refractivity contribution in [2.24, 2.45) is 0 Å². The molecule has 0 radical (unpaired) electrons. The van der Waals surface area contributed by atoms with Gasteiger partial charge >= 0.3 is 0 Å². The molecular formula is C17H17N5O. The number of phenolic OH excluding ortho intramolecular Hbond substituents is 1. The summed E-state index contributed by atoms with van der Waals surface area (Å²) in [5.74, 6) is 1.77. The normalized spacial score (nSPS) is 10.3. The summed E-state index contributed by atoms with van der Waals surface area (Å²) in [5.41, 5.74) is 1.71. The predicted octanol–water partition coefficient (Wildman–Crippen LogP) is 3.42. The molecular weight excluding hydrogens is 290 g/mol. The smallest absolute Gasteiger partial charge is 0.232 e. The molecule has 0 atom stereocenters. The van der Waals surface area contributed by atoms with E-state index in [1.807, 2.05) is 37.3 Å². The summed E-state index contributed by atoms with van der Waals surface area (Å²) in [6.07, 6.45) is 0. The zero-order valence-electron chi connectivity index (χ0n) is 12.7. The van der Waals surface area contributed by atoms with Crippen molar-refractivity contribution in [3.8, 4) is 17.1 Å². The quantitative estimate of drug-likeness (QED) is 0.626. The van der Waals surface area contributed by atoms with Crippen molar-refractivity contribution in [3.63, 3.8) is 0 Å². The highest BCUT2D eigenvalue weighted by Crippen LogP contribution is 2.21. The van der Waals surface area contributed by atoms with Crippen LogP contribution in [-0.4, -0.2) is 26.6 Å². The fourth-order valence-electron chi connectivity index (χ4n) is 2.06. The number of aromatic nitrogens is 3. The SMILES string of the molecule is CCNc1nc(Nc2ccc(O)cc2)nc(-c2ccccc2)n1. The lowest BCUT2D eigenvalue weighted by molar-refractivity contribution is 0.475. The highest BCUT2D eigenvalue weighted by atomic mass is 16.3. The molecule has 0 saturated heterocycles. The van der Waals surface area contributed by atoms with Gasteiger partial charge in [0.2, 0.25) is 11.9 Å². The lowest BCUT2D eigenvalue weighted by Crippen LogP contribution is -2.07. The predicted molar refractivity (Wildman–Crippen MR) is 90.8 cm³/mol. The molecule has 3 aromatic rings. The van der Waals surface area contributed by atoms with Crippen molar-refractivity contribution in [2.75, 3.05) is 17.2 Å². The molecule has 0 aliphatic heterocycles. The second kappa shape index (κ2) is 6.74. The van der Waals surface area contributed by atoms with Crippen LogP contribution < -0.4 is 10.6 Å². The Hall–Kier alpha value is -3.15. The number of nitrogens with zero attached hydrogens (tertiary/aromatic N) is 3. The van der Waals surface area contributed by atoms with Gasteiger partial charge in [-0.25, -0.2) is 0 Å². The molecule has 3 rings (SSSR count). The van der Waals surface area contributed by atoms with Crippen LogP contribution in [0.1, 0.15) is 6.92 Å². The van der Waals surface area contributed by atoms with Crippen LogP contribution in [0, 0.1) is 0 Å². The molecule has 0 unspecified atom stereocenters. The van der Waals surface area contributed by atoms with Crippen LogP contribution in [0.25, 0.3) is 11.4 Å². The van der Waals surface area contributed by atoms with Crippen molar-refractivity contribution >= 4 is 17.6 Å². The van der Waals surface area contributed by atoms with Crippen molar-refractivity contribution in [2.45, 2.75) is 6.92 Å². The summed E-state index contributed by atoms with van der Waals surface area (Å²) in [7, 11) is 0. The van der Waals surface area contributed by atoms with Crippen molar-refractivity contribution < 1.29 is 5.11 Å². The van der Waals surface area contributed by atoms with Gasteiger partial charge in [0.25, 0.3) is 0 Å². The summed E-state index contributed by atoms with van der Waals surface area (Å²) in [6, 6.07) is 16.5. The van der Waals surface area contributed by atoms with Crippen LogP contribution in [0.3, 0.4) is 0 Å². The van der Waals surface area contributed by atoms with E-state index in [1.54, 1.807) is 24.3 Å². The van der Waals surface area contributed by atoms with Crippen LogP contribution in [0.15, 0.2) is 54.6 Å². The van der Waals surface area contributed by atoms with Gasteiger partial charge in [-0.2, -0.15) is 15.0 Å². The van der Waals surface area contributed by atoms with Crippen molar-refractivity contribution in [1.29, 1.82) is 0 Å². The van der Waals surface area contributed by atoms with Gasteiger partial charge in [0, 0.05) is 17.8 Å². The number of phenols is 1. The van der Waals surface area contributed by atoms with Gasteiger partial charge in [-0.1, -0.05) is 30.3 Å². The molecule has 2 aromatic carbocycles. The molecule has 6 heteroatoms. The zero-order valence-corrected chi connectivity index (χ0v) is 12.7. The Kier molecular flexibility index (Phi) is 4.33. The maximum absolute atomic E-state index is 9.35. The Labute approximate surface area is 134 Å². The van der Waals surface area contributed by atoms with Crippen LogP contribution in [0.2, 0.25) is 0 Å². The average molecular weight is 307 g/mol. The highest BCUT2D eigenvalue weighted by molar-refractivity contribution is 5.61. The van der Waals surface area contributed by atoms with Gasteiger partial charge in [0.15, 0.2) is 5.82 Å². The number of nitrogens with one attached hydrogen (secondary N) is 2. The van der Waals surface area contributed by atoms with Gasteiger partial charge in [-0.3, -0.25) is 0 Å². The molecule has 0 aliphatic carbocycles. The number of anilines is 3. The van der Waals surface area contributed by atoms with Crippen LogP contribution in [0.4, 0.5) is 17.6 Å². The van der Waals surface area contributed by atoms with E-state index in [9.17, 15) is 5.11 Å². The van der Waals surface area contributed by atoms with Crippen LogP contribution in [0.5, 0.6) is 5.75 Å². The summed E-state index contributed by atoms with van der Waals surface area (Å²) in [4.78, 5) is 13.3. The molecule has 23 heavy (non-hydrogen) atoms. The first-order chi connectivity index (χ1) is 11.2. The number of hydrogen-bond acceptors (Lipinski definition) is 6. The van der Waals surface area contributed by atoms with Crippen molar-refractivity contribution in [3.05, 3.63) is 54.6 Å². The van der Waals surface area contributed by atoms with Gasteiger partial charge in [-0.05, 0) is 31.2 Å². The molecule has 0 spiro atoms. The molecule has 0 bridgehead atoms. The fourth-order valence-corrected chi connectivity index (χ4v) is 2.06. The molecule has 1 aromatic heterocycles. The number of hydrogen-bond donors (Lipinski definition) is 3. The third kappa shape index (κ3) is 3.74. The van der Waals surface area contributed by atoms with E-state index in [4.69, 9.17) is 0 Å². The molecule has 0 aliphatic rings. The molecule has 116 valence electrons. The average Bonchev–Trinajstić information content (AvgIpc) is 2.58. The minimum Gasteiger partial charge on any atom is -0.508 e. The largest absolute Gasteiger partial charge is 0.508 e. The summed E-state index contributed by atoms with van der Waals surface area (Å²) < 4.78 is 0. The first-order valence-electron chi connectivity index (χ1n) is 7.36. The Bertz CT molecular complexity index is 775. The number of rotatable bonds is 5. The van der Waals surface area contributed by atoms with Gasteiger partial charge in [0.05, 0.1) is 0 Å². The Morgan fingerprint density at radius 2 is 1.57 bits per heavy atom. The van der Waals surface area contributed by atoms with E-state index in [0.29, 0.717) is 17.7 Å². The molecule has 3 N–H and O–H groups in total. The molecule has 6 nitrogen and oxygen atoms in total. The summed E-state index contributed by atoms with van der Waals surface area (Å²) in [5, 5.41) is 15.6. The first kappa shape index (κ1) is 14.8. The molecule has 0 amide bonds. The summed E-state index contributed by atoms with van der Waals surface area (Å²) in [6.45, 7) is 2.70. The van der Waals surface area contributed by atoms with Crippen molar-refractivity contribution in [1.82, 2.24) is 15.0 Å². The Morgan fingerprint density at radius 3 is 2.26 bits per heavy atom. The van der Waals surface area contributed by atoms with Gasteiger partial charge in [-0.15, -0.1) is 0 Å². The maximum Gasteiger partial charge on any atom is 0.232 e. The lowest BCUT2D eigenvalue weighted by atomic mass is 10.2. The van der Waals surface area contributed by atoms with E-state index in [0.717, 1.165) is 17.8 Å². The van der Waals surface area contributed by atoms with Gasteiger partial charge < -0.3 is 15.7 Å². The third-order valence-electron chi connectivity index (χ3n) is 3.13. The Balaban J connectivity index is 1.95. The summed E-state index contributed by atoms with van der Waals surface area (Å²) >= 11 is 0. The highest BCUT2D eigenvalue weighted by Gasteiger charge is 2.08. The first-order valence-corrected chi connectivity index (χ1v) is 7.36. The topological polar surface area (TPSA) is 83.0 Å². The molecule has 0 fully saturated rings. The minimum atomic E-state index is 0.213. The van der Waals surface area contributed by atoms with Crippen LogP contribution in [-0.2, 0) is 0 Å². The van der Waals surface area contributed by atoms with Crippen LogP contribution >= 0.6 is 0 Å². The number of aromatic hydroxyl groups is 1. The second-order valence-corrected chi connectivity index (χ2v) is 4.87. The monoisotopic (exact) mass is 307 g/mol.